The third-order valence-electron chi connectivity index (χ3n) is 2.81. The molecule has 0 bridgehead atoms. The van der Waals surface area contributed by atoms with Crippen LogP contribution in [0, 0.1) is 0 Å². The molecule has 2 aromatic heterocycles. The van der Waals surface area contributed by atoms with E-state index < -0.39 is 0 Å². The molecular formula is C13H14N6. The molecule has 0 saturated heterocycles. The molecule has 2 N–H and O–H groups in total. The van der Waals surface area contributed by atoms with Crippen molar-refractivity contribution < 1.29 is 0 Å². The summed E-state index contributed by atoms with van der Waals surface area (Å²) in [4.78, 5) is 3.92. The fraction of sp³-hybridized carbons (Fsp3) is 0.154. The Morgan fingerprint density at radius 2 is 2.05 bits per heavy atom. The topological polar surface area (TPSA) is 71.4 Å². The Morgan fingerprint density at radius 3 is 2.74 bits per heavy atom. The summed E-state index contributed by atoms with van der Waals surface area (Å²) in [6, 6.07) is 10.2. The van der Waals surface area contributed by atoms with Gasteiger partial charge >= 0.3 is 0 Å². The van der Waals surface area contributed by atoms with Crippen molar-refractivity contribution in [3.05, 3.63) is 60.4 Å². The Labute approximate surface area is 110 Å². The highest BCUT2D eigenvalue weighted by atomic mass is 15.3. The predicted octanol–water partition coefficient (Wildman–Crippen LogP) is 1.66. The molecule has 0 radical (unpaired) electrons. The highest BCUT2D eigenvalue weighted by Crippen LogP contribution is 2.11. The molecule has 6 heteroatoms. The summed E-state index contributed by atoms with van der Waals surface area (Å²) in [6.07, 6.45) is 5.00. The van der Waals surface area contributed by atoms with Gasteiger partial charge < -0.3 is 5.32 Å². The molecule has 0 amide bonds. The number of anilines is 1. The molecule has 0 unspecified atom stereocenters. The van der Waals surface area contributed by atoms with Crippen LogP contribution in [0.25, 0.3) is 0 Å². The lowest BCUT2D eigenvalue weighted by Gasteiger charge is -2.06. The minimum absolute atomic E-state index is 0.737. The minimum Gasteiger partial charge on any atom is -0.379 e. The Kier molecular flexibility index (Phi) is 3.22. The maximum atomic E-state index is 4.08. The van der Waals surface area contributed by atoms with Gasteiger partial charge in [-0.3, -0.25) is 5.10 Å². The Balaban J connectivity index is 1.59. The molecule has 96 valence electrons. The van der Waals surface area contributed by atoms with E-state index in [4.69, 9.17) is 0 Å². The Morgan fingerprint density at radius 1 is 1.16 bits per heavy atom. The summed E-state index contributed by atoms with van der Waals surface area (Å²) < 4.78 is 1.80. The summed E-state index contributed by atoms with van der Waals surface area (Å²) in [5.74, 6) is 0. The van der Waals surface area contributed by atoms with Gasteiger partial charge in [-0.25, -0.2) is 9.67 Å². The van der Waals surface area contributed by atoms with Crippen LogP contribution in [0.4, 0.5) is 5.69 Å². The highest BCUT2D eigenvalue weighted by molar-refractivity contribution is 5.44. The van der Waals surface area contributed by atoms with E-state index in [0.29, 0.717) is 0 Å². The smallest absolute Gasteiger partial charge is 0.137 e. The van der Waals surface area contributed by atoms with E-state index in [0.717, 1.165) is 24.5 Å². The Hall–Kier alpha value is -2.63. The summed E-state index contributed by atoms with van der Waals surface area (Å²) in [5.41, 5.74) is 3.33. The average molecular weight is 254 g/mol. The second-order valence-electron chi connectivity index (χ2n) is 4.23. The van der Waals surface area contributed by atoms with Gasteiger partial charge in [0.2, 0.25) is 0 Å². The number of nitrogens with one attached hydrogen (secondary N) is 2. The van der Waals surface area contributed by atoms with Gasteiger partial charge in [-0.05, 0) is 23.8 Å². The van der Waals surface area contributed by atoms with Crippen molar-refractivity contribution in [3.8, 4) is 0 Å². The van der Waals surface area contributed by atoms with Crippen molar-refractivity contribution in [1.82, 2.24) is 25.0 Å². The van der Waals surface area contributed by atoms with Crippen LogP contribution in [0.1, 0.15) is 11.3 Å². The van der Waals surface area contributed by atoms with E-state index in [2.05, 4.69) is 49.9 Å². The van der Waals surface area contributed by atoms with Crippen LogP contribution < -0.4 is 5.32 Å². The molecule has 2 heterocycles. The van der Waals surface area contributed by atoms with Crippen LogP contribution in [0.5, 0.6) is 0 Å². The first-order valence-electron chi connectivity index (χ1n) is 6.03. The molecule has 6 nitrogen and oxygen atoms in total. The van der Waals surface area contributed by atoms with E-state index in [1.54, 1.807) is 23.5 Å². The van der Waals surface area contributed by atoms with Crippen molar-refractivity contribution >= 4 is 5.69 Å². The number of H-pyrrole nitrogens is 1. The molecular weight excluding hydrogens is 240 g/mol. The molecule has 1 aromatic carbocycles. The van der Waals surface area contributed by atoms with Crippen molar-refractivity contribution in [1.29, 1.82) is 0 Å². The second kappa shape index (κ2) is 5.34. The summed E-state index contributed by atoms with van der Waals surface area (Å²) in [5, 5.41) is 14.2. The number of nitrogens with zero attached hydrogens (tertiary/aromatic N) is 4. The molecule has 0 spiro atoms. The zero-order valence-corrected chi connectivity index (χ0v) is 10.3. The first-order chi connectivity index (χ1) is 9.40. The van der Waals surface area contributed by atoms with Gasteiger partial charge in [0.1, 0.15) is 12.7 Å². The van der Waals surface area contributed by atoms with Crippen molar-refractivity contribution in [3.63, 3.8) is 0 Å². The fourth-order valence-corrected chi connectivity index (χ4v) is 1.81. The quantitative estimate of drug-likeness (QED) is 0.726. The summed E-state index contributed by atoms with van der Waals surface area (Å²) in [6.45, 7) is 1.48. The number of benzene rings is 1. The zero-order chi connectivity index (χ0) is 12.9. The second-order valence-corrected chi connectivity index (χ2v) is 4.23. The van der Waals surface area contributed by atoms with Crippen molar-refractivity contribution in [2.45, 2.75) is 13.1 Å². The van der Waals surface area contributed by atoms with E-state index in [9.17, 15) is 0 Å². The van der Waals surface area contributed by atoms with Crippen LogP contribution in [0.15, 0.2) is 49.2 Å². The zero-order valence-electron chi connectivity index (χ0n) is 10.3. The molecule has 0 aliphatic carbocycles. The lowest BCUT2D eigenvalue weighted by molar-refractivity contribution is 0.685. The van der Waals surface area contributed by atoms with Crippen LogP contribution >= 0.6 is 0 Å². The van der Waals surface area contributed by atoms with Gasteiger partial charge in [-0.15, -0.1) is 0 Å². The van der Waals surface area contributed by atoms with E-state index in [-0.39, 0.29) is 0 Å². The average Bonchev–Trinajstić information content (AvgIpc) is 3.11. The van der Waals surface area contributed by atoms with Gasteiger partial charge in [-0.1, -0.05) is 12.1 Å². The number of hydrogen-bond acceptors (Lipinski definition) is 4. The maximum Gasteiger partial charge on any atom is 0.137 e. The largest absolute Gasteiger partial charge is 0.379 e. The summed E-state index contributed by atoms with van der Waals surface area (Å²) >= 11 is 0. The van der Waals surface area contributed by atoms with Crippen molar-refractivity contribution in [2.75, 3.05) is 5.32 Å². The fourth-order valence-electron chi connectivity index (χ4n) is 1.81. The first kappa shape index (κ1) is 11.5. The normalized spacial score (nSPS) is 10.5. The number of rotatable bonds is 5. The SMILES string of the molecule is c1cc(CNc2ccc(Cn3cncn3)cc2)[nH]n1. The van der Waals surface area contributed by atoms with Gasteiger partial charge in [0, 0.05) is 11.9 Å². The number of aromatic nitrogens is 5. The molecule has 0 fully saturated rings. The Bertz CT molecular complexity index is 597. The first-order valence-corrected chi connectivity index (χ1v) is 6.03. The monoisotopic (exact) mass is 254 g/mol. The molecule has 0 saturated carbocycles. The lowest BCUT2D eigenvalue weighted by atomic mass is 10.2. The van der Waals surface area contributed by atoms with E-state index >= 15 is 0 Å². The van der Waals surface area contributed by atoms with Gasteiger partial charge in [0.05, 0.1) is 18.8 Å². The third-order valence-corrected chi connectivity index (χ3v) is 2.81. The van der Waals surface area contributed by atoms with Crippen molar-refractivity contribution in [2.24, 2.45) is 0 Å². The molecule has 0 aliphatic heterocycles. The number of hydrogen-bond donors (Lipinski definition) is 2. The molecule has 0 aliphatic rings. The standard InChI is InChI=1S/C13H14N6/c1-3-12(15-7-13-5-6-16-18-13)4-2-11(1)8-19-10-14-9-17-19/h1-6,9-10,15H,7-8H2,(H,16,18). The maximum absolute atomic E-state index is 4.08. The van der Waals surface area contributed by atoms with E-state index in [1.807, 2.05) is 6.07 Å². The third kappa shape index (κ3) is 2.98. The van der Waals surface area contributed by atoms with Crippen LogP contribution in [-0.4, -0.2) is 25.0 Å². The predicted molar refractivity (Wildman–Crippen MR) is 71.5 cm³/mol. The molecule has 3 aromatic rings. The summed E-state index contributed by atoms with van der Waals surface area (Å²) in [7, 11) is 0. The van der Waals surface area contributed by atoms with Crippen LogP contribution in [0.3, 0.4) is 0 Å². The molecule has 19 heavy (non-hydrogen) atoms. The van der Waals surface area contributed by atoms with Gasteiger partial charge in [0.15, 0.2) is 0 Å². The number of aromatic amines is 1. The van der Waals surface area contributed by atoms with Crippen LogP contribution in [0.2, 0.25) is 0 Å². The van der Waals surface area contributed by atoms with Crippen LogP contribution in [-0.2, 0) is 13.1 Å². The minimum atomic E-state index is 0.737. The molecule has 0 atom stereocenters. The van der Waals surface area contributed by atoms with E-state index in [1.165, 1.54) is 5.56 Å². The molecule has 3 rings (SSSR count). The lowest BCUT2D eigenvalue weighted by Crippen LogP contribution is -2.02. The highest BCUT2D eigenvalue weighted by Gasteiger charge is 1.98. The van der Waals surface area contributed by atoms with Gasteiger partial charge in [-0.2, -0.15) is 10.2 Å². The van der Waals surface area contributed by atoms with Gasteiger partial charge in [0.25, 0.3) is 0 Å².